The maximum atomic E-state index is 13.7. The summed E-state index contributed by atoms with van der Waals surface area (Å²) in [6, 6.07) is 0.216. The van der Waals surface area contributed by atoms with Gasteiger partial charge in [0.2, 0.25) is 5.91 Å². The number of benzene rings is 1. The fourth-order valence-electron chi connectivity index (χ4n) is 4.11. The first kappa shape index (κ1) is 26.8. The highest BCUT2D eigenvalue weighted by Crippen LogP contribution is 2.40. The van der Waals surface area contributed by atoms with Crippen LogP contribution in [0, 0.1) is 17.5 Å². The van der Waals surface area contributed by atoms with Gasteiger partial charge < -0.3 is 30.1 Å². The fraction of sp³-hybridized carbons (Fsp3) is 0.591. The largest absolute Gasteiger partial charge is 0.394 e. The lowest BCUT2D eigenvalue weighted by Gasteiger charge is -2.44. The highest BCUT2D eigenvalue weighted by Gasteiger charge is 2.49. The van der Waals surface area contributed by atoms with Crippen molar-refractivity contribution in [1.82, 2.24) is 19.9 Å². The Labute approximate surface area is 208 Å². The molecule has 3 heterocycles. The number of aromatic nitrogens is 3. The highest BCUT2D eigenvalue weighted by atomic mass is 32.2. The molecule has 4 rings (SSSR count). The van der Waals surface area contributed by atoms with Crippen LogP contribution in [0.4, 0.5) is 13.2 Å². The van der Waals surface area contributed by atoms with Crippen molar-refractivity contribution >= 4 is 17.7 Å². The number of likely N-dealkylation sites (tertiary alicyclic amines) is 1. The third kappa shape index (κ3) is 5.10. The van der Waals surface area contributed by atoms with Crippen LogP contribution in [0.25, 0.3) is 11.3 Å². The van der Waals surface area contributed by atoms with Crippen LogP contribution in [-0.2, 0) is 9.53 Å². The molecule has 2 fully saturated rings. The van der Waals surface area contributed by atoms with Crippen molar-refractivity contribution in [2.75, 3.05) is 19.7 Å². The van der Waals surface area contributed by atoms with E-state index in [0.29, 0.717) is 13.1 Å². The first-order valence-corrected chi connectivity index (χ1v) is 12.2. The number of aliphatic hydroxyl groups excluding tert-OH is 3. The molecule has 1 aromatic heterocycles. The van der Waals surface area contributed by atoms with Crippen molar-refractivity contribution in [2.45, 2.75) is 60.9 Å². The average molecular weight is 533 g/mol. The number of carbonyl (C=O) groups excluding carboxylic acids is 1. The number of aliphatic hydroxyl groups is 4. The van der Waals surface area contributed by atoms with Crippen LogP contribution in [0.1, 0.15) is 26.3 Å². The van der Waals surface area contributed by atoms with Crippen molar-refractivity contribution < 1.29 is 43.1 Å². The molecule has 10 nitrogen and oxygen atoms in total. The molecular weight excluding hydrogens is 505 g/mol. The Kier molecular flexibility index (Phi) is 7.65. The molecule has 2 aliphatic rings. The van der Waals surface area contributed by atoms with Crippen molar-refractivity contribution in [3.05, 3.63) is 35.8 Å². The van der Waals surface area contributed by atoms with E-state index in [1.165, 1.54) is 20.0 Å². The number of thioether (sulfide) groups is 1. The molecule has 0 aliphatic carbocycles. The van der Waals surface area contributed by atoms with E-state index in [9.17, 15) is 38.4 Å². The molecule has 1 amide bonds. The molecule has 0 radical (unpaired) electrons. The molecule has 36 heavy (non-hydrogen) atoms. The summed E-state index contributed by atoms with van der Waals surface area (Å²) in [5.74, 6) is -4.82. The number of rotatable bonds is 7. The normalized spacial score (nSPS) is 27.6. The Morgan fingerprint density at radius 3 is 2.39 bits per heavy atom. The molecule has 2 saturated heterocycles. The molecule has 198 valence electrons. The number of nitrogens with zero attached hydrogens (tertiary/aromatic N) is 4. The fourth-order valence-corrected chi connectivity index (χ4v) is 5.51. The highest BCUT2D eigenvalue weighted by molar-refractivity contribution is 8.01. The summed E-state index contributed by atoms with van der Waals surface area (Å²) >= 11 is 0.857. The van der Waals surface area contributed by atoms with Crippen LogP contribution in [0.15, 0.2) is 18.3 Å². The van der Waals surface area contributed by atoms with Gasteiger partial charge in [-0.2, -0.15) is 0 Å². The number of hydrogen-bond acceptors (Lipinski definition) is 9. The predicted octanol–water partition coefficient (Wildman–Crippen LogP) is 0.447. The second-order valence-electron chi connectivity index (χ2n) is 9.38. The van der Waals surface area contributed by atoms with Gasteiger partial charge in [-0.15, -0.1) is 16.9 Å². The molecule has 2 aromatic rings. The van der Waals surface area contributed by atoms with Crippen LogP contribution >= 0.6 is 11.8 Å². The van der Waals surface area contributed by atoms with Crippen LogP contribution < -0.4 is 0 Å². The third-order valence-corrected chi connectivity index (χ3v) is 7.96. The molecule has 0 spiro atoms. The minimum absolute atomic E-state index is 0.0641. The molecule has 0 unspecified atom stereocenters. The van der Waals surface area contributed by atoms with E-state index in [1.54, 1.807) is 4.90 Å². The van der Waals surface area contributed by atoms with Crippen LogP contribution in [0.5, 0.6) is 0 Å². The Hall–Kier alpha value is -2.23. The van der Waals surface area contributed by atoms with E-state index in [4.69, 9.17) is 4.74 Å². The summed E-state index contributed by atoms with van der Waals surface area (Å²) < 4.78 is 47.4. The van der Waals surface area contributed by atoms with Gasteiger partial charge >= 0.3 is 0 Å². The van der Waals surface area contributed by atoms with Gasteiger partial charge in [0.15, 0.2) is 17.5 Å². The molecule has 1 aromatic carbocycles. The van der Waals surface area contributed by atoms with Crippen LogP contribution in [0.2, 0.25) is 0 Å². The lowest BCUT2D eigenvalue weighted by molar-refractivity contribution is -0.179. The van der Waals surface area contributed by atoms with E-state index in [1.807, 2.05) is 0 Å². The average Bonchev–Trinajstić information content (AvgIpc) is 3.24. The monoisotopic (exact) mass is 532 g/mol. The lowest BCUT2D eigenvalue weighted by Crippen LogP contribution is -2.58. The van der Waals surface area contributed by atoms with Crippen LogP contribution in [0.3, 0.4) is 0 Å². The molecule has 0 saturated carbocycles. The minimum atomic E-state index is -1.64. The van der Waals surface area contributed by atoms with E-state index in [2.05, 4.69) is 10.3 Å². The van der Waals surface area contributed by atoms with Gasteiger partial charge in [0, 0.05) is 18.7 Å². The zero-order valence-corrected chi connectivity index (χ0v) is 20.3. The zero-order chi connectivity index (χ0) is 26.4. The SMILES string of the molecule is CC(C)(O)[C@H](S[C@@H]1O[C@H](CO)[C@H](O)[C@H](n2cc(-c3cc(F)c(F)c(F)c3)nn2)[C@H]1O)C(=O)N1CCC1. The summed E-state index contributed by atoms with van der Waals surface area (Å²) in [4.78, 5) is 14.5. The second-order valence-corrected chi connectivity index (χ2v) is 10.6. The quantitative estimate of drug-likeness (QED) is 0.374. The van der Waals surface area contributed by atoms with Crippen molar-refractivity contribution in [1.29, 1.82) is 0 Å². The second kappa shape index (κ2) is 10.3. The maximum Gasteiger partial charge on any atom is 0.238 e. The topological polar surface area (TPSA) is 141 Å². The van der Waals surface area contributed by atoms with Gasteiger partial charge in [0.1, 0.15) is 40.7 Å². The Morgan fingerprint density at radius 2 is 1.86 bits per heavy atom. The molecule has 2 aliphatic heterocycles. The number of halogens is 3. The summed E-state index contributed by atoms with van der Waals surface area (Å²) in [5, 5.41) is 49.0. The van der Waals surface area contributed by atoms with Crippen molar-refractivity contribution in [3.63, 3.8) is 0 Å². The van der Waals surface area contributed by atoms with E-state index >= 15 is 0 Å². The van der Waals surface area contributed by atoms with Gasteiger partial charge in [-0.25, -0.2) is 17.9 Å². The number of amides is 1. The smallest absolute Gasteiger partial charge is 0.238 e. The Balaban J connectivity index is 1.62. The number of ether oxygens (including phenoxy) is 1. The molecular formula is C22H27F3N4O6S. The number of carbonyl (C=O) groups is 1. The van der Waals surface area contributed by atoms with Crippen molar-refractivity contribution in [3.8, 4) is 11.3 Å². The first-order chi connectivity index (χ1) is 16.9. The molecule has 0 bridgehead atoms. The third-order valence-electron chi connectivity index (χ3n) is 6.25. The van der Waals surface area contributed by atoms with Gasteiger partial charge in [0.05, 0.1) is 18.4 Å². The number of hydrogen-bond donors (Lipinski definition) is 4. The Morgan fingerprint density at radius 1 is 1.22 bits per heavy atom. The summed E-state index contributed by atoms with van der Waals surface area (Å²) in [5.41, 5.74) is -2.85. The minimum Gasteiger partial charge on any atom is -0.394 e. The van der Waals surface area contributed by atoms with Gasteiger partial charge in [-0.1, -0.05) is 5.21 Å². The molecule has 4 N–H and O–H groups in total. The van der Waals surface area contributed by atoms with Crippen LogP contribution in [-0.4, -0.2) is 101 Å². The summed E-state index contributed by atoms with van der Waals surface area (Å²) in [6.45, 7) is 3.38. The standard InChI is InChI=1S/C22H27F3N4O6S/c1-22(2,34)19(20(33)28-4-3-5-28)36-21-18(32)16(17(31)14(9-30)35-21)29-8-13(26-27-29)10-6-11(23)15(25)12(24)7-10/h6-8,14,16-19,21,30-32,34H,3-5,9H2,1-2H3/t14-,16+,17+,18-,19-,21+/m1/s1. The lowest BCUT2D eigenvalue weighted by atomic mass is 9.97. The predicted molar refractivity (Wildman–Crippen MR) is 121 cm³/mol. The molecule has 6 atom stereocenters. The van der Waals surface area contributed by atoms with E-state index in [-0.39, 0.29) is 17.2 Å². The van der Waals surface area contributed by atoms with Gasteiger partial charge in [-0.05, 0) is 32.4 Å². The van der Waals surface area contributed by atoms with Crippen molar-refractivity contribution in [2.24, 2.45) is 0 Å². The summed E-state index contributed by atoms with van der Waals surface area (Å²) in [7, 11) is 0. The van der Waals surface area contributed by atoms with Gasteiger partial charge in [-0.3, -0.25) is 4.79 Å². The Bertz CT molecular complexity index is 1090. The van der Waals surface area contributed by atoms with Gasteiger partial charge in [0.25, 0.3) is 0 Å². The van der Waals surface area contributed by atoms with E-state index < -0.39 is 64.7 Å². The zero-order valence-electron chi connectivity index (χ0n) is 19.5. The first-order valence-electron chi connectivity index (χ1n) is 11.3. The van der Waals surface area contributed by atoms with E-state index in [0.717, 1.165) is 35.0 Å². The maximum absolute atomic E-state index is 13.7. The molecule has 14 heteroatoms. The summed E-state index contributed by atoms with van der Waals surface area (Å²) in [6.07, 6.45) is -2.13.